The zero-order chi connectivity index (χ0) is 14.4. The number of aliphatic hydroxyl groups is 1. The van der Waals surface area contributed by atoms with Gasteiger partial charge in [0.25, 0.3) is 0 Å². The molecule has 2 N–H and O–H groups in total. The number of aromatic nitrogens is 2. The van der Waals surface area contributed by atoms with Crippen molar-refractivity contribution in [2.75, 3.05) is 24.5 Å². The van der Waals surface area contributed by atoms with Crippen molar-refractivity contribution in [3.05, 3.63) is 18.0 Å². The van der Waals surface area contributed by atoms with Crippen molar-refractivity contribution in [1.82, 2.24) is 15.3 Å². The quantitative estimate of drug-likeness (QED) is 0.774. The molecule has 0 aliphatic carbocycles. The van der Waals surface area contributed by atoms with Crippen LogP contribution in [0.4, 0.5) is 5.95 Å². The Labute approximate surface area is 121 Å². The largest absolute Gasteiger partial charge is 0.393 e. The third kappa shape index (κ3) is 4.15. The molecule has 0 saturated carbocycles. The number of nitrogens with one attached hydrogen (secondary N) is 1. The van der Waals surface area contributed by atoms with Gasteiger partial charge in [-0.05, 0) is 38.6 Å². The lowest BCUT2D eigenvalue weighted by atomic mass is 9.92. The molecule has 0 amide bonds. The number of aliphatic hydroxyl groups excluding tert-OH is 1. The highest BCUT2D eigenvalue weighted by molar-refractivity contribution is 5.30. The van der Waals surface area contributed by atoms with Crippen LogP contribution < -0.4 is 10.2 Å². The van der Waals surface area contributed by atoms with Gasteiger partial charge in [0.15, 0.2) is 0 Å². The summed E-state index contributed by atoms with van der Waals surface area (Å²) in [7, 11) is 0. The van der Waals surface area contributed by atoms with Crippen molar-refractivity contribution in [3.63, 3.8) is 0 Å². The average Bonchev–Trinajstić information content (AvgIpc) is 2.48. The predicted molar refractivity (Wildman–Crippen MR) is 80.6 cm³/mol. The van der Waals surface area contributed by atoms with Crippen molar-refractivity contribution in [2.45, 2.75) is 45.8 Å². The molecular weight excluding hydrogens is 252 g/mol. The third-order valence-corrected chi connectivity index (χ3v) is 3.95. The van der Waals surface area contributed by atoms with Crippen LogP contribution in [0.5, 0.6) is 0 Å². The average molecular weight is 278 g/mol. The number of anilines is 1. The summed E-state index contributed by atoms with van der Waals surface area (Å²) in [6.45, 7) is 7.76. The minimum Gasteiger partial charge on any atom is -0.393 e. The fraction of sp³-hybridized carbons (Fsp3) is 0.733. The molecule has 1 unspecified atom stereocenters. The number of piperidine rings is 1. The van der Waals surface area contributed by atoms with Crippen LogP contribution in [0.15, 0.2) is 12.4 Å². The van der Waals surface area contributed by atoms with Crippen LogP contribution in [0, 0.1) is 5.92 Å². The van der Waals surface area contributed by atoms with Crippen molar-refractivity contribution in [2.24, 2.45) is 5.92 Å². The van der Waals surface area contributed by atoms with Gasteiger partial charge in [-0.3, -0.25) is 0 Å². The van der Waals surface area contributed by atoms with E-state index in [2.05, 4.69) is 27.1 Å². The number of nitrogens with zero attached hydrogens (tertiary/aromatic N) is 3. The van der Waals surface area contributed by atoms with Gasteiger partial charge in [-0.1, -0.05) is 6.92 Å². The summed E-state index contributed by atoms with van der Waals surface area (Å²) in [5, 5.41) is 13.0. The summed E-state index contributed by atoms with van der Waals surface area (Å²) < 4.78 is 0. The van der Waals surface area contributed by atoms with Gasteiger partial charge in [0.05, 0.1) is 6.10 Å². The fourth-order valence-electron chi connectivity index (χ4n) is 2.59. The molecule has 0 spiro atoms. The minimum absolute atomic E-state index is 0.204. The smallest absolute Gasteiger partial charge is 0.225 e. The first-order chi connectivity index (χ1) is 9.70. The van der Waals surface area contributed by atoms with Crippen molar-refractivity contribution in [1.29, 1.82) is 0 Å². The second kappa shape index (κ2) is 7.55. The van der Waals surface area contributed by atoms with Gasteiger partial charge in [0.1, 0.15) is 0 Å². The monoisotopic (exact) mass is 278 g/mol. The molecule has 0 aromatic carbocycles. The first-order valence-electron chi connectivity index (χ1n) is 7.65. The Hall–Kier alpha value is -1.20. The van der Waals surface area contributed by atoms with Crippen LogP contribution in [0.2, 0.25) is 0 Å². The molecule has 20 heavy (non-hydrogen) atoms. The molecule has 1 aliphatic heterocycles. The van der Waals surface area contributed by atoms with Crippen molar-refractivity contribution >= 4 is 5.95 Å². The number of rotatable bonds is 6. The third-order valence-electron chi connectivity index (χ3n) is 3.95. The van der Waals surface area contributed by atoms with Crippen LogP contribution in [-0.2, 0) is 6.54 Å². The summed E-state index contributed by atoms with van der Waals surface area (Å²) in [5.74, 6) is 1.23. The summed E-state index contributed by atoms with van der Waals surface area (Å²) >= 11 is 0. The van der Waals surface area contributed by atoms with E-state index in [1.165, 1.54) is 0 Å². The Morgan fingerprint density at radius 2 is 2.00 bits per heavy atom. The molecule has 5 nitrogen and oxygen atoms in total. The molecule has 2 heterocycles. The maximum atomic E-state index is 9.62. The zero-order valence-electron chi connectivity index (χ0n) is 12.5. The molecule has 1 atom stereocenters. The molecule has 1 aromatic rings. The van der Waals surface area contributed by atoms with E-state index < -0.39 is 0 Å². The van der Waals surface area contributed by atoms with Crippen LogP contribution in [0.1, 0.15) is 38.7 Å². The molecule has 5 heteroatoms. The Bertz CT molecular complexity index is 385. The molecule has 112 valence electrons. The lowest BCUT2D eigenvalue weighted by Crippen LogP contribution is -2.37. The molecule has 1 fully saturated rings. The maximum absolute atomic E-state index is 9.62. The molecule has 2 rings (SSSR count). The second-order valence-corrected chi connectivity index (χ2v) is 5.63. The van der Waals surface area contributed by atoms with E-state index in [1.54, 1.807) is 0 Å². The standard InChI is InChI=1S/C15H26N4O/c1-3-6-16-9-13-10-17-15(18-11-13)19-7-4-14(5-8-19)12(2)20/h10-12,14,16,20H,3-9H2,1-2H3. The molecule has 1 saturated heterocycles. The molecule has 1 aliphatic rings. The van der Waals surface area contributed by atoms with Crippen LogP contribution in [-0.4, -0.2) is 40.8 Å². The van der Waals surface area contributed by atoms with E-state index >= 15 is 0 Å². The normalized spacial score (nSPS) is 18.2. The van der Waals surface area contributed by atoms with E-state index in [9.17, 15) is 5.11 Å². The van der Waals surface area contributed by atoms with E-state index in [-0.39, 0.29) is 6.10 Å². The summed E-state index contributed by atoms with van der Waals surface area (Å²) in [5.41, 5.74) is 1.13. The Kier molecular flexibility index (Phi) is 5.73. The van der Waals surface area contributed by atoms with Gasteiger partial charge in [0, 0.05) is 37.6 Å². The highest BCUT2D eigenvalue weighted by Crippen LogP contribution is 2.22. The van der Waals surface area contributed by atoms with Crippen molar-refractivity contribution in [3.8, 4) is 0 Å². The Morgan fingerprint density at radius 3 is 2.55 bits per heavy atom. The molecular formula is C15H26N4O. The first-order valence-corrected chi connectivity index (χ1v) is 7.65. The fourth-order valence-corrected chi connectivity index (χ4v) is 2.59. The second-order valence-electron chi connectivity index (χ2n) is 5.63. The summed E-state index contributed by atoms with van der Waals surface area (Å²) in [6, 6.07) is 0. The Balaban J connectivity index is 1.84. The Morgan fingerprint density at radius 1 is 1.35 bits per heavy atom. The predicted octanol–water partition coefficient (Wildman–Crippen LogP) is 1.57. The van der Waals surface area contributed by atoms with Gasteiger partial charge < -0.3 is 15.3 Å². The van der Waals surface area contributed by atoms with Gasteiger partial charge in [0.2, 0.25) is 5.95 Å². The maximum Gasteiger partial charge on any atom is 0.225 e. The SMILES string of the molecule is CCCNCc1cnc(N2CCC(C(C)O)CC2)nc1. The minimum atomic E-state index is -0.204. The molecule has 0 radical (unpaired) electrons. The van der Waals surface area contributed by atoms with Gasteiger partial charge in [-0.2, -0.15) is 0 Å². The lowest BCUT2D eigenvalue weighted by Gasteiger charge is -2.33. The zero-order valence-corrected chi connectivity index (χ0v) is 12.5. The topological polar surface area (TPSA) is 61.3 Å². The summed E-state index contributed by atoms with van der Waals surface area (Å²) in [6.07, 6.45) is 6.78. The van der Waals surface area contributed by atoms with Gasteiger partial charge in [-0.15, -0.1) is 0 Å². The van der Waals surface area contributed by atoms with Gasteiger partial charge in [-0.25, -0.2) is 9.97 Å². The van der Waals surface area contributed by atoms with Crippen LogP contribution >= 0.6 is 0 Å². The molecule has 0 bridgehead atoms. The summed E-state index contributed by atoms with van der Waals surface area (Å²) in [4.78, 5) is 11.1. The lowest BCUT2D eigenvalue weighted by molar-refractivity contribution is 0.109. The van der Waals surface area contributed by atoms with E-state index in [0.717, 1.165) is 57.0 Å². The van der Waals surface area contributed by atoms with Gasteiger partial charge >= 0.3 is 0 Å². The first kappa shape index (κ1) is 15.2. The van der Waals surface area contributed by atoms with Crippen molar-refractivity contribution < 1.29 is 5.11 Å². The molecule has 1 aromatic heterocycles. The van der Waals surface area contributed by atoms with Crippen LogP contribution in [0.3, 0.4) is 0 Å². The highest BCUT2D eigenvalue weighted by Gasteiger charge is 2.23. The van der Waals surface area contributed by atoms with E-state index in [1.807, 2.05) is 19.3 Å². The highest BCUT2D eigenvalue weighted by atomic mass is 16.3. The number of hydrogen-bond acceptors (Lipinski definition) is 5. The van der Waals surface area contributed by atoms with E-state index in [0.29, 0.717) is 5.92 Å². The number of hydrogen-bond donors (Lipinski definition) is 2. The van der Waals surface area contributed by atoms with Crippen LogP contribution in [0.25, 0.3) is 0 Å². The van der Waals surface area contributed by atoms with E-state index in [4.69, 9.17) is 0 Å².